The fourth-order valence-electron chi connectivity index (χ4n) is 2.44. The van der Waals surface area contributed by atoms with Gasteiger partial charge in [-0.1, -0.05) is 5.21 Å². The van der Waals surface area contributed by atoms with Gasteiger partial charge in [-0.15, -0.1) is 5.10 Å². The summed E-state index contributed by atoms with van der Waals surface area (Å²) in [4.78, 5) is 22.4. The number of nitrogens with zero attached hydrogens (tertiary/aromatic N) is 6. The molecule has 1 aliphatic carbocycles. The SMILES string of the molecule is Cn1nnc2c(N3CC(C(=O)NC4CC4)C3)ncnc21. The maximum Gasteiger partial charge on any atom is 0.226 e. The maximum absolute atomic E-state index is 11.9. The molecule has 1 saturated heterocycles. The molecule has 4 rings (SSSR count). The molecule has 1 N–H and O–H groups in total. The third kappa shape index (κ3) is 1.79. The van der Waals surface area contributed by atoms with Crippen molar-refractivity contribution in [3.63, 3.8) is 0 Å². The third-order valence-electron chi connectivity index (χ3n) is 3.84. The monoisotopic (exact) mass is 273 g/mol. The lowest BCUT2D eigenvalue weighted by atomic mass is 9.99. The Morgan fingerprint density at radius 2 is 2.15 bits per heavy atom. The number of anilines is 1. The van der Waals surface area contributed by atoms with Crippen LogP contribution in [-0.2, 0) is 11.8 Å². The highest BCUT2D eigenvalue weighted by Gasteiger charge is 2.37. The van der Waals surface area contributed by atoms with Crippen LogP contribution in [0.4, 0.5) is 5.82 Å². The number of carbonyl (C=O) groups is 1. The number of amides is 1. The molecule has 1 amide bonds. The van der Waals surface area contributed by atoms with Crippen LogP contribution in [-0.4, -0.2) is 50.0 Å². The fourth-order valence-corrected chi connectivity index (χ4v) is 2.44. The molecule has 8 heteroatoms. The minimum Gasteiger partial charge on any atom is -0.353 e. The van der Waals surface area contributed by atoms with Gasteiger partial charge < -0.3 is 10.2 Å². The predicted molar refractivity (Wildman–Crippen MR) is 71.0 cm³/mol. The molecule has 0 spiro atoms. The summed E-state index contributed by atoms with van der Waals surface area (Å²) < 4.78 is 1.62. The molecule has 3 heterocycles. The Bertz CT molecular complexity index is 671. The van der Waals surface area contributed by atoms with Crippen molar-refractivity contribution in [1.29, 1.82) is 0 Å². The summed E-state index contributed by atoms with van der Waals surface area (Å²) in [7, 11) is 1.80. The first-order valence-electron chi connectivity index (χ1n) is 6.78. The van der Waals surface area contributed by atoms with Gasteiger partial charge in [0.15, 0.2) is 17.0 Å². The van der Waals surface area contributed by atoms with Crippen molar-refractivity contribution in [2.45, 2.75) is 18.9 Å². The molecule has 20 heavy (non-hydrogen) atoms. The van der Waals surface area contributed by atoms with Gasteiger partial charge in [-0.25, -0.2) is 14.6 Å². The number of rotatable bonds is 3. The van der Waals surface area contributed by atoms with Crippen molar-refractivity contribution in [3.05, 3.63) is 6.33 Å². The van der Waals surface area contributed by atoms with Crippen LogP contribution < -0.4 is 10.2 Å². The maximum atomic E-state index is 11.9. The lowest BCUT2D eigenvalue weighted by Crippen LogP contribution is -2.54. The van der Waals surface area contributed by atoms with Crippen molar-refractivity contribution in [3.8, 4) is 0 Å². The van der Waals surface area contributed by atoms with Gasteiger partial charge >= 0.3 is 0 Å². The second-order valence-corrected chi connectivity index (χ2v) is 5.47. The lowest BCUT2D eigenvalue weighted by Gasteiger charge is -2.38. The van der Waals surface area contributed by atoms with E-state index in [1.54, 1.807) is 11.7 Å². The summed E-state index contributed by atoms with van der Waals surface area (Å²) in [5, 5.41) is 11.1. The van der Waals surface area contributed by atoms with Crippen LogP contribution in [0.2, 0.25) is 0 Å². The molecule has 0 atom stereocenters. The smallest absolute Gasteiger partial charge is 0.226 e. The zero-order chi connectivity index (χ0) is 13.7. The van der Waals surface area contributed by atoms with Crippen molar-refractivity contribution < 1.29 is 4.79 Å². The number of aromatic nitrogens is 5. The van der Waals surface area contributed by atoms with Gasteiger partial charge in [-0.2, -0.15) is 0 Å². The van der Waals surface area contributed by atoms with Gasteiger partial charge in [0.05, 0.1) is 5.92 Å². The number of aryl methyl sites for hydroxylation is 1. The Labute approximate surface area is 115 Å². The number of carbonyl (C=O) groups excluding carboxylic acids is 1. The Morgan fingerprint density at radius 1 is 1.35 bits per heavy atom. The molecule has 1 saturated carbocycles. The van der Waals surface area contributed by atoms with E-state index in [1.165, 1.54) is 6.33 Å². The predicted octanol–water partition coefficient (Wildman–Crippen LogP) is -0.527. The van der Waals surface area contributed by atoms with Gasteiger partial charge in [0.25, 0.3) is 0 Å². The molecular formula is C12H15N7O. The highest BCUT2D eigenvalue weighted by atomic mass is 16.2. The molecule has 2 aromatic rings. The number of fused-ring (bicyclic) bond motifs is 1. The normalized spacial score (nSPS) is 19.1. The summed E-state index contributed by atoms with van der Waals surface area (Å²) in [5.41, 5.74) is 1.40. The molecule has 0 bridgehead atoms. The van der Waals surface area contributed by atoms with Crippen LogP contribution in [0.25, 0.3) is 11.2 Å². The van der Waals surface area contributed by atoms with Crippen LogP contribution in [0.3, 0.4) is 0 Å². The number of hydrogen-bond donors (Lipinski definition) is 1. The molecule has 2 aromatic heterocycles. The standard InChI is InChI=1S/C12H15N7O/c1-18-10-9(16-17-18)11(14-6-13-10)19-4-7(5-19)12(20)15-8-2-3-8/h6-8H,2-5H2,1H3,(H,15,20). The van der Waals surface area contributed by atoms with E-state index in [4.69, 9.17) is 0 Å². The average Bonchev–Trinajstić information content (AvgIpc) is 3.11. The Morgan fingerprint density at radius 3 is 2.90 bits per heavy atom. The first-order valence-corrected chi connectivity index (χ1v) is 6.78. The van der Waals surface area contributed by atoms with Gasteiger partial charge in [0.1, 0.15) is 6.33 Å². The van der Waals surface area contributed by atoms with E-state index >= 15 is 0 Å². The fraction of sp³-hybridized carbons (Fsp3) is 0.583. The highest BCUT2D eigenvalue weighted by molar-refractivity contribution is 5.86. The van der Waals surface area contributed by atoms with E-state index in [2.05, 4.69) is 30.5 Å². The summed E-state index contributed by atoms with van der Waals surface area (Å²) in [6.45, 7) is 1.36. The van der Waals surface area contributed by atoms with Crippen molar-refractivity contribution in [1.82, 2.24) is 30.3 Å². The van der Waals surface area contributed by atoms with Crippen LogP contribution >= 0.6 is 0 Å². The molecule has 2 aliphatic rings. The number of nitrogens with one attached hydrogen (secondary N) is 1. The first-order chi connectivity index (χ1) is 9.72. The van der Waals surface area contributed by atoms with E-state index in [0.29, 0.717) is 30.3 Å². The molecule has 2 fully saturated rings. The lowest BCUT2D eigenvalue weighted by molar-refractivity contribution is -0.125. The topological polar surface area (TPSA) is 88.8 Å². The van der Waals surface area contributed by atoms with Crippen LogP contribution in [0.5, 0.6) is 0 Å². The van der Waals surface area contributed by atoms with Gasteiger partial charge in [0, 0.05) is 26.2 Å². The molecule has 0 radical (unpaired) electrons. The van der Waals surface area contributed by atoms with Crippen molar-refractivity contribution >= 4 is 22.9 Å². The third-order valence-corrected chi connectivity index (χ3v) is 3.84. The van der Waals surface area contributed by atoms with Gasteiger partial charge in [0.2, 0.25) is 5.91 Å². The van der Waals surface area contributed by atoms with E-state index < -0.39 is 0 Å². The molecule has 104 valence electrons. The van der Waals surface area contributed by atoms with Crippen molar-refractivity contribution in [2.24, 2.45) is 13.0 Å². The Hall–Kier alpha value is -2.25. The second kappa shape index (κ2) is 4.12. The van der Waals surface area contributed by atoms with Gasteiger partial charge in [-0.05, 0) is 12.8 Å². The van der Waals surface area contributed by atoms with Crippen LogP contribution in [0.1, 0.15) is 12.8 Å². The first kappa shape index (κ1) is 11.6. The zero-order valence-electron chi connectivity index (χ0n) is 11.2. The van der Waals surface area contributed by atoms with Gasteiger partial charge in [-0.3, -0.25) is 4.79 Å². The molecular weight excluding hydrogens is 258 g/mol. The Kier molecular flexibility index (Phi) is 2.38. The summed E-state index contributed by atoms with van der Waals surface area (Å²) in [6.07, 6.45) is 3.75. The quantitative estimate of drug-likeness (QED) is 0.809. The number of hydrogen-bond acceptors (Lipinski definition) is 6. The summed E-state index contributed by atoms with van der Waals surface area (Å²) >= 11 is 0. The minimum absolute atomic E-state index is 0.0530. The van der Waals surface area contributed by atoms with Crippen LogP contribution in [0, 0.1) is 5.92 Å². The average molecular weight is 273 g/mol. The minimum atomic E-state index is 0.0530. The molecule has 0 unspecified atom stereocenters. The largest absolute Gasteiger partial charge is 0.353 e. The van der Waals surface area contributed by atoms with E-state index in [-0.39, 0.29) is 11.8 Å². The zero-order valence-corrected chi connectivity index (χ0v) is 11.2. The van der Waals surface area contributed by atoms with Crippen molar-refractivity contribution in [2.75, 3.05) is 18.0 Å². The van der Waals surface area contributed by atoms with Crippen LogP contribution in [0.15, 0.2) is 6.33 Å². The Balaban J connectivity index is 1.50. The molecule has 1 aliphatic heterocycles. The highest BCUT2D eigenvalue weighted by Crippen LogP contribution is 2.28. The molecule has 0 aromatic carbocycles. The second-order valence-electron chi connectivity index (χ2n) is 5.47. The van der Waals surface area contributed by atoms with E-state index in [0.717, 1.165) is 18.7 Å². The van der Waals surface area contributed by atoms with E-state index in [9.17, 15) is 4.79 Å². The molecule has 8 nitrogen and oxygen atoms in total. The summed E-state index contributed by atoms with van der Waals surface area (Å²) in [6, 6.07) is 0.419. The van der Waals surface area contributed by atoms with E-state index in [1.807, 2.05) is 0 Å². The summed E-state index contributed by atoms with van der Waals surface area (Å²) in [5.74, 6) is 0.976.